The van der Waals surface area contributed by atoms with Crippen LogP contribution in [0.25, 0.3) is 11.3 Å². The summed E-state index contributed by atoms with van der Waals surface area (Å²) in [6.45, 7) is 0.342. The Morgan fingerprint density at radius 1 is 1.06 bits per heavy atom. The van der Waals surface area contributed by atoms with Crippen molar-refractivity contribution >= 4 is 29.7 Å². The number of rotatable bonds is 7. The number of hydrogen-bond donors (Lipinski definition) is 2. The molecule has 31 heavy (non-hydrogen) atoms. The summed E-state index contributed by atoms with van der Waals surface area (Å²) in [5.41, 5.74) is 2.42. The number of carbonyl (C=O) groups is 1. The summed E-state index contributed by atoms with van der Waals surface area (Å²) in [4.78, 5) is 21.7. The molecule has 1 unspecified atom stereocenters. The molecule has 8 heteroatoms. The Labute approximate surface area is 189 Å². The van der Waals surface area contributed by atoms with Crippen molar-refractivity contribution < 1.29 is 14.3 Å². The van der Waals surface area contributed by atoms with Gasteiger partial charge in [-0.3, -0.25) is 5.32 Å². The number of thiophene rings is 1. The molecule has 1 atom stereocenters. The van der Waals surface area contributed by atoms with Crippen molar-refractivity contribution in [2.24, 2.45) is 0 Å². The van der Waals surface area contributed by atoms with Gasteiger partial charge in [-0.2, -0.15) is 0 Å². The summed E-state index contributed by atoms with van der Waals surface area (Å²) in [6, 6.07) is 18.5. The Morgan fingerprint density at radius 3 is 2.55 bits per heavy atom. The third kappa shape index (κ3) is 5.32. The molecule has 2 aromatic heterocycles. The van der Waals surface area contributed by atoms with Crippen LogP contribution in [0.4, 0.5) is 4.39 Å². The highest BCUT2D eigenvalue weighted by Crippen LogP contribution is 2.26. The lowest BCUT2D eigenvalue weighted by Crippen LogP contribution is -2.24. The van der Waals surface area contributed by atoms with Crippen molar-refractivity contribution in [3.05, 3.63) is 106 Å². The van der Waals surface area contributed by atoms with Crippen LogP contribution >= 0.6 is 23.7 Å². The van der Waals surface area contributed by atoms with Gasteiger partial charge in [0.05, 0.1) is 11.3 Å². The predicted octanol–water partition coefficient (Wildman–Crippen LogP) is 5.34. The monoisotopic (exact) mass is 455 g/mol. The summed E-state index contributed by atoms with van der Waals surface area (Å²) < 4.78 is 13.3. The molecule has 0 aliphatic rings. The SMILES string of the molecule is Cl.O=C(O)c1ccccc1CNC(c1nccc(-c2ccc(F)cc2)n1)c1cccs1. The number of halogens is 2. The average molecular weight is 456 g/mol. The summed E-state index contributed by atoms with van der Waals surface area (Å²) in [6.07, 6.45) is 1.68. The summed E-state index contributed by atoms with van der Waals surface area (Å²) in [7, 11) is 0. The molecule has 2 aromatic carbocycles. The molecular formula is C23H19ClFN3O2S. The lowest BCUT2D eigenvalue weighted by atomic mass is 10.1. The van der Waals surface area contributed by atoms with Crippen LogP contribution in [0.2, 0.25) is 0 Å². The second-order valence-electron chi connectivity index (χ2n) is 6.60. The Kier molecular flexibility index (Phi) is 7.46. The van der Waals surface area contributed by atoms with Crippen LogP contribution in [0.15, 0.2) is 78.3 Å². The van der Waals surface area contributed by atoms with Crippen LogP contribution in [-0.2, 0) is 6.54 Å². The first kappa shape index (κ1) is 22.6. The van der Waals surface area contributed by atoms with Gasteiger partial charge in [0, 0.05) is 23.2 Å². The van der Waals surface area contributed by atoms with Crippen molar-refractivity contribution in [1.29, 1.82) is 0 Å². The maximum absolute atomic E-state index is 13.3. The molecule has 0 spiro atoms. The van der Waals surface area contributed by atoms with Gasteiger partial charge in [-0.15, -0.1) is 23.7 Å². The van der Waals surface area contributed by atoms with Gasteiger partial charge in [0.25, 0.3) is 0 Å². The molecule has 0 radical (unpaired) electrons. The molecule has 0 aliphatic heterocycles. The van der Waals surface area contributed by atoms with E-state index in [0.717, 1.165) is 10.4 Å². The van der Waals surface area contributed by atoms with Gasteiger partial charge in [0.1, 0.15) is 11.9 Å². The highest BCUT2D eigenvalue weighted by molar-refractivity contribution is 7.10. The summed E-state index contributed by atoms with van der Waals surface area (Å²) >= 11 is 1.57. The minimum Gasteiger partial charge on any atom is -0.478 e. The summed E-state index contributed by atoms with van der Waals surface area (Å²) in [5, 5.41) is 14.8. The lowest BCUT2D eigenvalue weighted by molar-refractivity contribution is 0.0695. The number of aromatic carboxylic acids is 1. The molecule has 158 valence electrons. The van der Waals surface area contributed by atoms with E-state index in [2.05, 4.69) is 10.3 Å². The van der Waals surface area contributed by atoms with E-state index < -0.39 is 5.97 Å². The first-order valence-corrected chi connectivity index (χ1v) is 10.2. The molecule has 0 bridgehead atoms. The first-order valence-electron chi connectivity index (χ1n) is 9.28. The molecule has 0 saturated heterocycles. The normalized spacial score (nSPS) is 11.5. The van der Waals surface area contributed by atoms with Crippen LogP contribution in [0.1, 0.15) is 32.7 Å². The molecular weight excluding hydrogens is 437 g/mol. The van der Waals surface area contributed by atoms with Crippen LogP contribution in [0.5, 0.6) is 0 Å². The topological polar surface area (TPSA) is 75.1 Å². The Morgan fingerprint density at radius 2 is 1.84 bits per heavy atom. The number of nitrogens with zero attached hydrogens (tertiary/aromatic N) is 2. The second-order valence-corrected chi connectivity index (χ2v) is 7.58. The molecule has 2 N–H and O–H groups in total. The average Bonchev–Trinajstić information content (AvgIpc) is 3.29. The van der Waals surface area contributed by atoms with Gasteiger partial charge < -0.3 is 5.11 Å². The number of nitrogens with one attached hydrogen (secondary N) is 1. The van der Waals surface area contributed by atoms with Crippen molar-refractivity contribution in [2.75, 3.05) is 0 Å². The van der Waals surface area contributed by atoms with Crippen LogP contribution in [0.3, 0.4) is 0 Å². The van der Waals surface area contributed by atoms with E-state index in [0.29, 0.717) is 23.6 Å². The number of hydrogen-bond acceptors (Lipinski definition) is 5. The standard InChI is InChI=1S/C23H18FN3O2S.ClH/c24-17-9-7-15(8-10-17)19-11-12-25-22(27-19)21(20-6-3-13-30-20)26-14-16-4-1-2-5-18(16)23(28)29;/h1-13,21,26H,14H2,(H,28,29);1H. The predicted molar refractivity (Wildman–Crippen MR) is 121 cm³/mol. The molecule has 4 aromatic rings. The van der Waals surface area contributed by atoms with Gasteiger partial charge in [-0.1, -0.05) is 24.3 Å². The van der Waals surface area contributed by atoms with E-state index in [9.17, 15) is 14.3 Å². The fraction of sp³-hybridized carbons (Fsp3) is 0.0870. The van der Waals surface area contributed by atoms with Gasteiger partial charge in [-0.25, -0.2) is 19.2 Å². The van der Waals surface area contributed by atoms with Crippen molar-refractivity contribution in [1.82, 2.24) is 15.3 Å². The van der Waals surface area contributed by atoms with E-state index in [4.69, 9.17) is 4.98 Å². The second kappa shape index (κ2) is 10.3. The molecule has 5 nitrogen and oxygen atoms in total. The van der Waals surface area contributed by atoms with Crippen LogP contribution < -0.4 is 5.32 Å². The Hall–Kier alpha value is -3.13. The van der Waals surface area contributed by atoms with Gasteiger partial charge >= 0.3 is 5.97 Å². The van der Waals surface area contributed by atoms with Crippen molar-refractivity contribution in [3.8, 4) is 11.3 Å². The van der Waals surface area contributed by atoms with E-state index in [-0.39, 0.29) is 29.8 Å². The zero-order chi connectivity index (χ0) is 20.9. The number of aromatic nitrogens is 2. The summed E-state index contributed by atoms with van der Waals surface area (Å²) in [5.74, 6) is -0.704. The largest absolute Gasteiger partial charge is 0.478 e. The van der Waals surface area contributed by atoms with E-state index in [1.807, 2.05) is 23.6 Å². The van der Waals surface area contributed by atoms with Crippen molar-refractivity contribution in [3.63, 3.8) is 0 Å². The highest BCUT2D eigenvalue weighted by atomic mass is 35.5. The quantitative estimate of drug-likeness (QED) is 0.393. The molecule has 2 heterocycles. The number of carboxylic acids is 1. The molecule has 0 saturated carbocycles. The van der Waals surface area contributed by atoms with E-state index in [1.165, 1.54) is 12.1 Å². The Bertz CT molecular complexity index is 1150. The fourth-order valence-corrected chi connectivity index (χ4v) is 3.96. The third-order valence-electron chi connectivity index (χ3n) is 4.64. The molecule has 0 aliphatic carbocycles. The van der Waals surface area contributed by atoms with E-state index in [1.54, 1.807) is 53.9 Å². The maximum atomic E-state index is 13.3. The molecule has 0 fully saturated rings. The third-order valence-corrected chi connectivity index (χ3v) is 5.58. The van der Waals surface area contributed by atoms with Gasteiger partial charge in [0.2, 0.25) is 0 Å². The minimum atomic E-state index is -0.963. The Balaban J connectivity index is 0.00000272. The smallest absolute Gasteiger partial charge is 0.336 e. The first-order chi connectivity index (χ1) is 14.6. The zero-order valence-corrected chi connectivity index (χ0v) is 17.9. The van der Waals surface area contributed by atoms with Crippen LogP contribution in [0, 0.1) is 5.82 Å². The molecule has 0 amide bonds. The maximum Gasteiger partial charge on any atom is 0.336 e. The minimum absolute atomic E-state index is 0. The fourth-order valence-electron chi connectivity index (χ4n) is 3.16. The highest BCUT2D eigenvalue weighted by Gasteiger charge is 2.20. The number of benzene rings is 2. The van der Waals surface area contributed by atoms with Gasteiger partial charge in [0.15, 0.2) is 5.82 Å². The van der Waals surface area contributed by atoms with Crippen LogP contribution in [-0.4, -0.2) is 21.0 Å². The van der Waals surface area contributed by atoms with E-state index >= 15 is 0 Å². The number of carboxylic acid groups (broad SMARTS) is 1. The lowest BCUT2D eigenvalue weighted by Gasteiger charge is -2.18. The van der Waals surface area contributed by atoms with Crippen molar-refractivity contribution in [2.45, 2.75) is 12.6 Å². The zero-order valence-electron chi connectivity index (χ0n) is 16.2. The van der Waals surface area contributed by atoms with Gasteiger partial charge in [-0.05, 0) is 53.4 Å². The molecule has 4 rings (SSSR count).